The van der Waals surface area contributed by atoms with Crippen LogP contribution < -0.4 is 5.73 Å². The highest BCUT2D eigenvalue weighted by Gasteiger charge is 2.13. The van der Waals surface area contributed by atoms with Crippen molar-refractivity contribution < 1.29 is 0 Å². The Labute approximate surface area is 94.4 Å². The fraction of sp³-hybridized carbons (Fsp3) is 0.364. The van der Waals surface area contributed by atoms with E-state index < -0.39 is 0 Å². The second-order valence-corrected chi connectivity index (χ2v) is 3.48. The summed E-state index contributed by atoms with van der Waals surface area (Å²) in [6.45, 7) is 4.97. The van der Waals surface area contributed by atoms with E-state index >= 15 is 0 Å². The van der Waals surface area contributed by atoms with E-state index in [0.29, 0.717) is 5.82 Å². The summed E-state index contributed by atoms with van der Waals surface area (Å²) < 4.78 is 2.04. The van der Waals surface area contributed by atoms with Gasteiger partial charge in [-0.25, -0.2) is 15.0 Å². The maximum absolute atomic E-state index is 5.84. The van der Waals surface area contributed by atoms with Crippen molar-refractivity contribution in [1.82, 2.24) is 19.5 Å². The number of rotatable bonds is 3. The lowest BCUT2D eigenvalue weighted by Gasteiger charge is -2.09. The maximum Gasteiger partial charge on any atom is 0.159 e. The summed E-state index contributed by atoms with van der Waals surface area (Å²) in [4.78, 5) is 12.6. The van der Waals surface area contributed by atoms with Crippen LogP contribution in [0.4, 0.5) is 5.82 Å². The second-order valence-electron chi connectivity index (χ2n) is 3.48. The number of imidazole rings is 1. The third kappa shape index (κ3) is 1.64. The van der Waals surface area contributed by atoms with Crippen molar-refractivity contribution in [1.29, 1.82) is 0 Å². The topological polar surface area (TPSA) is 69.6 Å². The summed E-state index contributed by atoms with van der Waals surface area (Å²) in [6.07, 6.45) is 6.00. The first-order valence-corrected chi connectivity index (χ1v) is 5.38. The lowest BCUT2D eigenvalue weighted by atomic mass is 10.1. The van der Waals surface area contributed by atoms with E-state index in [9.17, 15) is 0 Å². The zero-order valence-corrected chi connectivity index (χ0v) is 9.51. The Morgan fingerprint density at radius 3 is 2.75 bits per heavy atom. The van der Waals surface area contributed by atoms with Gasteiger partial charge in [-0.15, -0.1) is 0 Å². The first-order valence-electron chi connectivity index (χ1n) is 5.38. The molecular formula is C11H15N5. The molecule has 0 fully saturated rings. The highest BCUT2D eigenvalue weighted by Crippen LogP contribution is 2.23. The minimum atomic E-state index is 0.540. The van der Waals surface area contributed by atoms with E-state index in [4.69, 9.17) is 5.73 Å². The molecule has 0 spiro atoms. The lowest BCUT2D eigenvalue weighted by Crippen LogP contribution is -2.05. The molecule has 0 radical (unpaired) electrons. The highest BCUT2D eigenvalue weighted by molar-refractivity contribution is 5.61. The Kier molecular flexibility index (Phi) is 2.85. The highest BCUT2D eigenvalue weighted by atomic mass is 15.1. The van der Waals surface area contributed by atoms with Crippen LogP contribution in [0, 0.1) is 0 Å². The van der Waals surface area contributed by atoms with Crippen molar-refractivity contribution in [2.75, 3.05) is 5.73 Å². The smallest absolute Gasteiger partial charge is 0.159 e. The molecule has 2 aromatic heterocycles. The average molecular weight is 217 g/mol. The number of nitrogen functional groups attached to an aromatic ring is 1. The van der Waals surface area contributed by atoms with Gasteiger partial charge in [0, 0.05) is 24.5 Å². The van der Waals surface area contributed by atoms with Gasteiger partial charge in [-0.1, -0.05) is 6.92 Å². The van der Waals surface area contributed by atoms with Crippen LogP contribution in [0.15, 0.2) is 18.7 Å². The van der Waals surface area contributed by atoms with Gasteiger partial charge in [0.25, 0.3) is 0 Å². The molecule has 5 nitrogen and oxygen atoms in total. The maximum atomic E-state index is 5.84. The molecule has 0 unspecified atom stereocenters. The van der Waals surface area contributed by atoms with E-state index in [0.717, 1.165) is 30.0 Å². The molecule has 84 valence electrons. The van der Waals surface area contributed by atoms with E-state index in [1.54, 1.807) is 6.20 Å². The number of anilines is 1. The largest absolute Gasteiger partial charge is 0.383 e. The van der Waals surface area contributed by atoms with E-state index in [1.807, 2.05) is 17.7 Å². The zero-order chi connectivity index (χ0) is 11.5. The molecule has 5 heteroatoms. The number of nitrogens with zero attached hydrogens (tertiary/aromatic N) is 4. The van der Waals surface area contributed by atoms with Gasteiger partial charge in [0.2, 0.25) is 0 Å². The SMILES string of the molecule is CCc1c(N)ncnc1-c1nccn1CC. The minimum absolute atomic E-state index is 0.540. The predicted molar refractivity (Wildman–Crippen MR) is 62.7 cm³/mol. The number of nitrogens with two attached hydrogens (primary N) is 1. The number of hydrogen-bond donors (Lipinski definition) is 1. The van der Waals surface area contributed by atoms with E-state index in [2.05, 4.69) is 21.9 Å². The number of aryl methyl sites for hydroxylation is 1. The van der Waals surface area contributed by atoms with Gasteiger partial charge in [0.15, 0.2) is 5.82 Å². The molecule has 0 aliphatic rings. The molecule has 2 aromatic rings. The van der Waals surface area contributed by atoms with Crippen molar-refractivity contribution in [3.05, 3.63) is 24.3 Å². The van der Waals surface area contributed by atoms with Crippen molar-refractivity contribution in [2.45, 2.75) is 26.8 Å². The molecule has 0 aliphatic heterocycles. The summed E-state index contributed by atoms with van der Waals surface area (Å²) in [5.74, 6) is 1.40. The predicted octanol–water partition coefficient (Wildman–Crippen LogP) is 1.50. The van der Waals surface area contributed by atoms with Crippen LogP contribution in [0.2, 0.25) is 0 Å². The van der Waals surface area contributed by atoms with Crippen LogP contribution in [0.5, 0.6) is 0 Å². The van der Waals surface area contributed by atoms with E-state index in [1.165, 1.54) is 6.33 Å². The zero-order valence-electron chi connectivity index (χ0n) is 9.51. The van der Waals surface area contributed by atoms with Crippen LogP contribution in [-0.2, 0) is 13.0 Å². The van der Waals surface area contributed by atoms with Gasteiger partial charge in [0.05, 0.1) is 0 Å². The van der Waals surface area contributed by atoms with Crippen LogP contribution in [0.3, 0.4) is 0 Å². The molecule has 2 N–H and O–H groups in total. The molecular weight excluding hydrogens is 202 g/mol. The molecule has 2 rings (SSSR count). The number of hydrogen-bond acceptors (Lipinski definition) is 4. The van der Waals surface area contributed by atoms with Gasteiger partial charge < -0.3 is 10.3 Å². The van der Waals surface area contributed by atoms with Gasteiger partial charge in [-0.3, -0.25) is 0 Å². The fourth-order valence-electron chi connectivity index (χ4n) is 1.75. The van der Waals surface area contributed by atoms with E-state index in [-0.39, 0.29) is 0 Å². The van der Waals surface area contributed by atoms with Crippen molar-refractivity contribution in [3.8, 4) is 11.5 Å². The van der Waals surface area contributed by atoms with Crippen LogP contribution in [-0.4, -0.2) is 19.5 Å². The Morgan fingerprint density at radius 1 is 1.25 bits per heavy atom. The first-order chi connectivity index (χ1) is 7.77. The molecule has 0 bridgehead atoms. The second kappa shape index (κ2) is 4.30. The molecule has 0 saturated carbocycles. The van der Waals surface area contributed by atoms with Crippen molar-refractivity contribution >= 4 is 5.82 Å². The first kappa shape index (κ1) is 10.6. The van der Waals surface area contributed by atoms with Crippen LogP contribution in [0.1, 0.15) is 19.4 Å². The monoisotopic (exact) mass is 217 g/mol. The lowest BCUT2D eigenvalue weighted by molar-refractivity contribution is 0.766. The fourth-order valence-corrected chi connectivity index (χ4v) is 1.75. The third-order valence-corrected chi connectivity index (χ3v) is 2.60. The third-order valence-electron chi connectivity index (χ3n) is 2.60. The summed E-state index contributed by atoms with van der Waals surface area (Å²) in [5.41, 5.74) is 7.64. The summed E-state index contributed by atoms with van der Waals surface area (Å²) in [6, 6.07) is 0. The minimum Gasteiger partial charge on any atom is -0.383 e. The Balaban J connectivity index is 2.60. The molecule has 0 saturated heterocycles. The Bertz CT molecular complexity index is 489. The molecule has 0 aromatic carbocycles. The van der Waals surface area contributed by atoms with Crippen LogP contribution >= 0.6 is 0 Å². The summed E-state index contributed by atoms with van der Waals surface area (Å²) >= 11 is 0. The molecule has 0 aliphatic carbocycles. The van der Waals surface area contributed by atoms with Gasteiger partial charge in [-0.05, 0) is 13.3 Å². The Hall–Kier alpha value is -1.91. The summed E-state index contributed by atoms with van der Waals surface area (Å²) in [7, 11) is 0. The molecule has 16 heavy (non-hydrogen) atoms. The molecule has 0 atom stereocenters. The van der Waals surface area contributed by atoms with Gasteiger partial charge in [-0.2, -0.15) is 0 Å². The Morgan fingerprint density at radius 2 is 2.06 bits per heavy atom. The molecule has 0 amide bonds. The normalized spacial score (nSPS) is 10.6. The summed E-state index contributed by atoms with van der Waals surface area (Å²) in [5, 5.41) is 0. The van der Waals surface area contributed by atoms with Crippen molar-refractivity contribution in [3.63, 3.8) is 0 Å². The average Bonchev–Trinajstić information content (AvgIpc) is 2.76. The number of aromatic nitrogens is 4. The van der Waals surface area contributed by atoms with Gasteiger partial charge >= 0.3 is 0 Å². The van der Waals surface area contributed by atoms with Gasteiger partial charge in [0.1, 0.15) is 17.8 Å². The quantitative estimate of drug-likeness (QED) is 0.846. The van der Waals surface area contributed by atoms with Crippen molar-refractivity contribution in [2.24, 2.45) is 0 Å². The standard InChI is InChI=1S/C11H15N5/c1-3-8-9(14-7-15-10(8)12)11-13-5-6-16(11)4-2/h5-7H,3-4H2,1-2H3,(H2,12,14,15). The molecule has 2 heterocycles. The van der Waals surface area contributed by atoms with Crippen LogP contribution in [0.25, 0.3) is 11.5 Å².